The highest BCUT2D eigenvalue weighted by atomic mass is 16.4. The van der Waals surface area contributed by atoms with Gasteiger partial charge in [0.1, 0.15) is 0 Å². The minimum absolute atomic E-state index is 0.472. The van der Waals surface area contributed by atoms with Crippen molar-refractivity contribution in [3.05, 3.63) is 0 Å². The first kappa shape index (κ1) is 14.5. The molecule has 3 heteroatoms. The van der Waals surface area contributed by atoms with E-state index in [9.17, 15) is 9.90 Å². The number of carbonyl (C=O) groups is 1. The van der Waals surface area contributed by atoms with E-state index in [2.05, 4.69) is 32.6 Å². The van der Waals surface area contributed by atoms with E-state index < -0.39 is 11.4 Å². The summed E-state index contributed by atoms with van der Waals surface area (Å²) in [5.74, 6) is 0.0783. The second-order valence-corrected chi connectivity index (χ2v) is 6.03. The Balaban J connectivity index is 2.63. The molecular weight excluding hydrogens is 214 g/mol. The quantitative estimate of drug-likeness (QED) is 0.777. The van der Waals surface area contributed by atoms with Crippen molar-refractivity contribution in [1.29, 1.82) is 0 Å². The molecule has 0 amide bonds. The molecule has 100 valence electrons. The minimum Gasteiger partial charge on any atom is -0.481 e. The summed E-state index contributed by atoms with van der Waals surface area (Å²) in [6, 6.07) is 0.507. The number of likely N-dealkylation sites (tertiary alicyclic amines) is 1. The smallest absolute Gasteiger partial charge is 0.310 e. The molecule has 1 N–H and O–H groups in total. The molecule has 1 rings (SSSR count). The Hall–Kier alpha value is -0.570. The molecule has 2 unspecified atom stereocenters. The van der Waals surface area contributed by atoms with Gasteiger partial charge in [0.05, 0.1) is 5.41 Å². The van der Waals surface area contributed by atoms with Crippen molar-refractivity contribution in [1.82, 2.24) is 4.90 Å². The van der Waals surface area contributed by atoms with Crippen LogP contribution in [0.25, 0.3) is 0 Å². The minimum atomic E-state index is -0.599. The van der Waals surface area contributed by atoms with Gasteiger partial charge in [-0.2, -0.15) is 0 Å². The summed E-state index contributed by atoms with van der Waals surface area (Å²) >= 11 is 0. The fourth-order valence-electron chi connectivity index (χ4n) is 3.08. The van der Waals surface area contributed by atoms with Crippen LogP contribution in [0.2, 0.25) is 0 Å². The van der Waals surface area contributed by atoms with Gasteiger partial charge in [-0.3, -0.25) is 9.69 Å². The predicted octanol–water partition coefficient (Wildman–Crippen LogP) is 3.00. The van der Waals surface area contributed by atoms with Crippen molar-refractivity contribution in [2.24, 2.45) is 11.3 Å². The number of carboxylic acid groups (broad SMARTS) is 1. The highest BCUT2D eigenvalue weighted by Gasteiger charge is 2.44. The Bertz CT molecular complexity index is 265. The van der Waals surface area contributed by atoms with E-state index in [1.165, 1.54) is 0 Å². The van der Waals surface area contributed by atoms with E-state index in [1.807, 2.05) is 0 Å². The third kappa shape index (κ3) is 3.44. The van der Waals surface area contributed by atoms with Crippen molar-refractivity contribution in [2.75, 3.05) is 13.1 Å². The van der Waals surface area contributed by atoms with Gasteiger partial charge >= 0.3 is 5.97 Å². The van der Waals surface area contributed by atoms with Gasteiger partial charge in [-0.25, -0.2) is 0 Å². The SMILES string of the molecule is CCCC1(C(=O)O)CCN(C(C)CC(C)C)C1. The summed E-state index contributed by atoms with van der Waals surface area (Å²) in [6.07, 6.45) is 3.74. The van der Waals surface area contributed by atoms with Crippen LogP contribution < -0.4 is 0 Å². The fraction of sp³-hybridized carbons (Fsp3) is 0.929. The maximum absolute atomic E-state index is 11.5. The van der Waals surface area contributed by atoms with Gasteiger partial charge < -0.3 is 5.11 Å². The van der Waals surface area contributed by atoms with Crippen LogP contribution in [0.4, 0.5) is 0 Å². The van der Waals surface area contributed by atoms with Crippen LogP contribution in [-0.2, 0) is 4.79 Å². The Morgan fingerprint density at radius 3 is 2.53 bits per heavy atom. The first-order chi connectivity index (χ1) is 7.91. The van der Waals surface area contributed by atoms with Gasteiger partial charge in [0.25, 0.3) is 0 Å². The van der Waals surface area contributed by atoms with E-state index in [0.29, 0.717) is 12.0 Å². The van der Waals surface area contributed by atoms with Gasteiger partial charge in [-0.15, -0.1) is 0 Å². The number of hydrogen-bond acceptors (Lipinski definition) is 2. The van der Waals surface area contributed by atoms with Crippen LogP contribution in [0.15, 0.2) is 0 Å². The third-order valence-corrected chi connectivity index (χ3v) is 4.00. The lowest BCUT2D eigenvalue weighted by Gasteiger charge is -2.28. The molecule has 1 heterocycles. The van der Waals surface area contributed by atoms with Crippen molar-refractivity contribution in [3.63, 3.8) is 0 Å². The van der Waals surface area contributed by atoms with Crippen molar-refractivity contribution in [2.45, 2.75) is 59.4 Å². The zero-order valence-electron chi connectivity index (χ0n) is 11.7. The summed E-state index contributed by atoms with van der Waals surface area (Å²) in [7, 11) is 0. The van der Waals surface area contributed by atoms with E-state index in [0.717, 1.165) is 38.8 Å². The molecule has 0 aromatic carbocycles. The van der Waals surface area contributed by atoms with E-state index >= 15 is 0 Å². The van der Waals surface area contributed by atoms with Crippen LogP contribution in [0.5, 0.6) is 0 Å². The standard InChI is InChI=1S/C14H27NO2/c1-5-6-14(13(16)17)7-8-15(10-14)12(4)9-11(2)3/h11-12H,5-10H2,1-4H3,(H,16,17). The topological polar surface area (TPSA) is 40.5 Å². The van der Waals surface area contributed by atoms with Crippen molar-refractivity contribution >= 4 is 5.97 Å². The highest BCUT2D eigenvalue weighted by Crippen LogP contribution is 2.37. The normalized spacial score (nSPS) is 27.6. The number of carboxylic acids is 1. The van der Waals surface area contributed by atoms with Crippen LogP contribution in [0.3, 0.4) is 0 Å². The third-order valence-electron chi connectivity index (χ3n) is 4.00. The lowest BCUT2D eigenvalue weighted by Crippen LogP contribution is -2.38. The first-order valence-corrected chi connectivity index (χ1v) is 6.88. The Kier molecular flexibility index (Phi) is 4.99. The summed E-state index contributed by atoms with van der Waals surface area (Å²) in [5.41, 5.74) is -0.472. The molecule has 17 heavy (non-hydrogen) atoms. The maximum Gasteiger partial charge on any atom is 0.310 e. The Morgan fingerprint density at radius 2 is 2.06 bits per heavy atom. The molecule has 0 saturated carbocycles. The maximum atomic E-state index is 11.5. The summed E-state index contributed by atoms with van der Waals surface area (Å²) < 4.78 is 0. The summed E-state index contributed by atoms with van der Waals surface area (Å²) in [4.78, 5) is 13.8. The predicted molar refractivity (Wildman–Crippen MR) is 70.1 cm³/mol. The number of nitrogens with zero attached hydrogens (tertiary/aromatic N) is 1. The molecule has 0 spiro atoms. The largest absolute Gasteiger partial charge is 0.481 e. The fourth-order valence-corrected chi connectivity index (χ4v) is 3.08. The summed E-state index contributed by atoms with van der Waals surface area (Å²) in [6.45, 7) is 10.4. The van der Waals surface area contributed by atoms with E-state index in [4.69, 9.17) is 0 Å². The summed E-state index contributed by atoms with van der Waals surface area (Å²) in [5, 5.41) is 9.45. The van der Waals surface area contributed by atoms with Gasteiger partial charge in [-0.1, -0.05) is 27.2 Å². The van der Waals surface area contributed by atoms with Crippen LogP contribution >= 0.6 is 0 Å². The highest BCUT2D eigenvalue weighted by molar-refractivity contribution is 5.75. The molecule has 0 aromatic rings. The second-order valence-electron chi connectivity index (χ2n) is 6.03. The zero-order valence-corrected chi connectivity index (χ0v) is 11.7. The van der Waals surface area contributed by atoms with Crippen molar-refractivity contribution in [3.8, 4) is 0 Å². The van der Waals surface area contributed by atoms with Crippen LogP contribution in [0.1, 0.15) is 53.4 Å². The molecular formula is C14H27NO2. The number of rotatable bonds is 6. The van der Waals surface area contributed by atoms with E-state index in [1.54, 1.807) is 0 Å². The number of hydrogen-bond donors (Lipinski definition) is 1. The van der Waals surface area contributed by atoms with Gasteiger partial charge in [-0.05, 0) is 38.6 Å². The molecule has 0 aromatic heterocycles. The molecule has 0 bridgehead atoms. The lowest BCUT2D eigenvalue weighted by molar-refractivity contribution is -0.148. The van der Waals surface area contributed by atoms with Gasteiger partial charge in [0.15, 0.2) is 0 Å². The Labute approximate surface area is 105 Å². The van der Waals surface area contributed by atoms with Crippen LogP contribution in [0, 0.1) is 11.3 Å². The monoisotopic (exact) mass is 241 g/mol. The average molecular weight is 241 g/mol. The van der Waals surface area contributed by atoms with Crippen molar-refractivity contribution < 1.29 is 9.90 Å². The van der Waals surface area contributed by atoms with Gasteiger partial charge in [0.2, 0.25) is 0 Å². The average Bonchev–Trinajstić information content (AvgIpc) is 2.63. The molecule has 0 radical (unpaired) electrons. The molecule has 2 atom stereocenters. The molecule has 1 aliphatic heterocycles. The second kappa shape index (κ2) is 5.85. The lowest BCUT2D eigenvalue weighted by atomic mass is 9.82. The zero-order chi connectivity index (χ0) is 13.1. The molecule has 1 fully saturated rings. The van der Waals surface area contributed by atoms with Crippen LogP contribution in [-0.4, -0.2) is 35.1 Å². The molecule has 1 aliphatic rings. The van der Waals surface area contributed by atoms with E-state index in [-0.39, 0.29) is 0 Å². The Morgan fingerprint density at radius 1 is 1.41 bits per heavy atom. The molecule has 1 saturated heterocycles. The van der Waals surface area contributed by atoms with Gasteiger partial charge in [0, 0.05) is 12.6 Å². The number of aliphatic carboxylic acids is 1. The molecule has 3 nitrogen and oxygen atoms in total. The molecule has 0 aliphatic carbocycles. The first-order valence-electron chi connectivity index (χ1n) is 6.88.